The van der Waals surface area contributed by atoms with Crippen molar-refractivity contribution in [1.82, 2.24) is 0 Å². The van der Waals surface area contributed by atoms with Crippen LogP contribution in [0.15, 0.2) is 48.5 Å². The summed E-state index contributed by atoms with van der Waals surface area (Å²) in [6, 6.07) is 13.2. The maximum Gasteiger partial charge on any atom is 0.335 e. The van der Waals surface area contributed by atoms with Crippen molar-refractivity contribution < 1.29 is 14.7 Å². The molecule has 0 saturated heterocycles. The molecule has 0 heterocycles. The SMILES string of the molecule is CNc1cccc(NC(=O)c2cccc(C(=O)O)c2)c1. The minimum absolute atomic E-state index is 0.0848. The molecule has 0 aliphatic rings. The van der Waals surface area contributed by atoms with Gasteiger partial charge in [0.15, 0.2) is 0 Å². The summed E-state index contributed by atoms with van der Waals surface area (Å²) >= 11 is 0. The van der Waals surface area contributed by atoms with E-state index in [0.717, 1.165) is 5.69 Å². The van der Waals surface area contributed by atoms with Crippen LogP contribution < -0.4 is 10.6 Å². The van der Waals surface area contributed by atoms with E-state index in [-0.39, 0.29) is 11.5 Å². The van der Waals surface area contributed by atoms with Crippen molar-refractivity contribution in [2.45, 2.75) is 0 Å². The standard InChI is InChI=1S/C15H14N2O3/c1-16-12-6-3-7-13(9-12)17-14(18)10-4-2-5-11(8-10)15(19)20/h2-9,16H,1H3,(H,17,18)(H,19,20). The third-order valence-corrected chi connectivity index (χ3v) is 2.78. The van der Waals surface area contributed by atoms with Gasteiger partial charge in [-0.25, -0.2) is 4.79 Å². The number of rotatable bonds is 4. The highest BCUT2D eigenvalue weighted by molar-refractivity contribution is 6.05. The summed E-state index contributed by atoms with van der Waals surface area (Å²) in [4.78, 5) is 22.9. The lowest BCUT2D eigenvalue weighted by atomic mass is 10.1. The zero-order valence-electron chi connectivity index (χ0n) is 10.9. The van der Waals surface area contributed by atoms with E-state index in [1.54, 1.807) is 31.3 Å². The molecule has 0 fully saturated rings. The second-order valence-corrected chi connectivity index (χ2v) is 4.17. The number of carbonyl (C=O) groups is 2. The molecule has 0 unspecified atom stereocenters. The second kappa shape index (κ2) is 5.88. The van der Waals surface area contributed by atoms with Crippen molar-refractivity contribution in [3.8, 4) is 0 Å². The number of benzene rings is 2. The Labute approximate surface area is 116 Å². The van der Waals surface area contributed by atoms with E-state index in [9.17, 15) is 9.59 Å². The number of carboxylic acids is 1. The maximum atomic E-state index is 12.1. The zero-order chi connectivity index (χ0) is 14.5. The molecule has 2 aromatic rings. The topological polar surface area (TPSA) is 78.4 Å². The highest BCUT2D eigenvalue weighted by Crippen LogP contribution is 2.16. The van der Waals surface area contributed by atoms with E-state index in [1.807, 2.05) is 12.1 Å². The molecule has 0 atom stereocenters. The Morgan fingerprint density at radius 2 is 1.60 bits per heavy atom. The lowest BCUT2D eigenvalue weighted by Crippen LogP contribution is -2.12. The van der Waals surface area contributed by atoms with Gasteiger partial charge >= 0.3 is 5.97 Å². The lowest BCUT2D eigenvalue weighted by molar-refractivity contribution is 0.0697. The monoisotopic (exact) mass is 270 g/mol. The number of aromatic carboxylic acids is 1. The Morgan fingerprint density at radius 1 is 0.950 bits per heavy atom. The first-order valence-electron chi connectivity index (χ1n) is 6.02. The van der Waals surface area contributed by atoms with E-state index < -0.39 is 5.97 Å². The van der Waals surface area contributed by atoms with E-state index in [1.165, 1.54) is 12.1 Å². The minimum Gasteiger partial charge on any atom is -0.478 e. The van der Waals surface area contributed by atoms with E-state index in [2.05, 4.69) is 10.6 Å². The van der Waals surface area contributed by atoms with Crippen LogP contribution in [0.4, 0.5) is 11.4 Å². The molecule has 20 heavy (non-hydrogen) atoms. The molecule has 0 spiro atoms. The molecule has 2 aromatic carbocycles. The average molecular weight is 270 g/mol. The van der Waals surface area contributed by atoms with Gasteiger partial charge < -0.3 is 15.7 Å². The van der Waals surface area contributed by atoms with Gasteiger partial charge in [0.1, 0.15) is 0 Å². The Bertz CT molecular complexity index is 653. The van der Waals surface area contributed by atoms with Gasteiger partial charge in [-0.15, -0.1) is 0 Å². The number of amides is 1. The molecule has 102 valence electrons. The largest absolute Gasteiger partial charge is 0.478 e. The van der Waals surface area contributed by atoms with Crippen molar-refractivity contribution in [2.75, 3.05) is 17.7 Å². The van der Waals surface area contributed by atoms with Crippen molar-refractivity contribution in [2.24, 2.45) is 0 Å². The summed E-state index contributed by atoms with van der Waals surface area (Å²) in [7, 11) is 1.79. The fourth-order valence-electron chi connectivity index (χ4n) is 1.75. The molecular weight excluding hydrogens is 256 g/mol. The Morgan fingerprint density at radius 3 is 2.30 bits per heavy atom. The predicted molar refractivity (Wildman–Crippen MR) is 77.3 cm³/mol. The third kappa shape index (κ3) is 3.14. The highest BCUT2D eigenvalue weighted by atomic mass is 16.4. The molecule has 0 aliphatic carbocycles. The van der Waals surface area contributed by atoms with Gasteiger partial charge in [-0.2, -0.15) is 0 Å². The van der Waals surface area contributed by atoms with Crippen molar-refractivity contribution in [1.29, 1.82) is 0 Å². The summed E-state index contributed by atoms with van der Waals surface area (Å²) in [5.41, 5.74) is 1.91. The molecule has 0 aliphatic heterocycles. The summed E-state index contributed by atoms with van der Waals surface area (Å²) in [5, 5.41) is 14.6. The molecule has 0 aromatic heterocycles. The Kier molecular flexibility index (Phi) is 4.00. The van der Waals surface area contributed by atoms with Crippen LogP contribution in [-0.4, -0.2) is 24.0 Å². The quantitative estimate of drug-likeness (QED) is 0.798. The van der Waals surface area contributed by atoms with Crippen LogP contribution in [0.5, 0.6) is 0 Å². The van der Waals surface area contributed by atoms with E-state index in [0.29, 0.717) is 11.3 Å². The molecule has 0 radical (unpaired) electrons. The van der Waals surface area contributed by atoms with Crippen LogP contribution in [0.3, 0.4) is 0 Å². The van der Waals surface area contributed by atoms with Crippen LogP contribution in [-0.2, 0) is 0 Å². The van der Waals surface area contributed by atoms with Gasteiger partial charge in [0.05, 0.1) is 5.56 Å². The third-order valence-electron chi connectivity index (χ3n) is 2.78. The fourth-order valence-corrected chi connectivity index (χ4v) is 1.75. The van der Waals surface area contributed by atoms with Crippen LogP contribution in [0.2, 0.25) is 0 Å². The summed E-state index contributed by atoms with van der Waals surface area (Å²) < 4.78 is 0. The predicted octanol–water partition coefficient (Wildman–Crippen LogP) is 2.68. The van der Waals surface area contributed by atoms with Gasteiger partial charge in [0.25, 0.3) is 5.91 Å². The number of carbonyl (C=O) groups excluding carboxylic acids is 1. The first-order valence-corrected chi connectivity index (χ1v) is 6.02. The average Bonchev–Trinajstić information content (AvgIpc) is 2.47. The smallest absolute Gasteiger partial charge is 0.335 e. The molecule has 2 rings (SSSR count). The Balaban J connectivity index is 2.19. The fraction of sp³-hybridized carbons (Fsp3) is 0.0667. The van der Waals surface area contributed by atoms with Crippen LogP contribution >= 0.6 is 0 Å². The molecular formula is C15H14N2O3. The van der Waals surface area contributed by atoms with Gasteiger partial charge in [0.2, 0.25) is 0 Å². The summed E-state index contributed by atoms with van der Waals surface area (Å²) in [6.07, 6.45) is 0. The molecule has 0 bridgehead atoms. The van der Waals surface area contributed by atoms with Crippen molar-refractivity contribution >= 4 is 23.3 Å². The van der Waals surface area contributed by atoms with E-state index in [4.69, 9.17) is 5.11 Å². The molecule has 5 nitrogen and oxygen atoms in total. The first-order chi connectivity index (χ1) is 9.60. The Hall–Kier alpha value is -2.82. The summed E-state index contributed by atoms with van der Waals surface area (Å²) in [6.45, 7) is 0. The van der Waals surface area contributed by atoms with Gasteiger partial charge in [-0.05, 0) is 36.4 Å². The minimum atomic E-state index is -1.06. The number of hydrogen-bond acceptors (Lipinski definition) is 3. The number of carboxylic acid groups (broad SMARTS) is 1. The first kappa shape index (κ1) is 13.6. The second-order valence-electron chi connectivity index (χ2n) is 4.17. The van der Waals surface area contributed by atoms with Gasteiger partial charge in [-0.3, -0.25) is 4.79 Å². The van der Waals surface area contributed by atoms with E-state index >= 15 is 0 Å². The van der Waals surface area contributed by atoms with Crippen molar-refractivity contribution in [3.05, 3.63) is 59.7 Å². The zero-order valence-corrected chi connectivity index (χ0v) is 10.9. The van der Waals surface area contributed by atoms with Crippen LogP contribution in [0.25, 0.3) is 0 Å². The molecule has 5 heteroatoms. The summed E-state index contributed by atoms with van der Waals surface area (Å²) in [5.74, 6) is -1.40. The number of anilines is 2. The van der Waals surface area contributed by atoms with Crippen LogP contribution in [0.1, 0.15) is 20.7 Å². The lowest BCUT2D eigenvalue weighted by Gasteiger charge is -2.07. The number of nitrogens with one attached hydrogen (secondary N) is 2. The van der Waals surface area contributed by atoms with Gasteiger partial charge in [-0.1, -0.05) is 12.1 Å². The number of hydrogen-bond donors (Lipinski definition) is 3. The normalized spacial score (nSPS) is 9.85. The molecule has 1 amide bonds. The van der Waals surface area contributed by atoms with Gasteiger partial charge in [0, 0.05) is 24.0 Å². The highest BCUT2D eigenvalue weighted by Gasteiger charge is 2.09. The van der Waals surface area contributed by atoms with Crippen LogP contribution in [0, 0.1) is 0 Å². The molecule has 0 saturated carbocycles. The molecule has 3 N–H and O–H groups in total. The van der Waals surface area contributed by atoms with Crippen molar-refractivity contribution in [3.63, 3.8) is 0 Å². The maximum absolute atomic E-state index is 12.1.